The summed E-state index contributed by atoms with van der Waals surface area (Å²) in [5, 5.41) is 2.75. The molecule has 0 fully saturated rings. The first-order valence-electron chi connectivity index (χ1n) is 6.74. The molecule has 0 aliphatic heterocycles. The van der Waals surface area contributed by atoms with Gasteiger partial charge in [0.1, 0.15) is 11.5 Å². The van der Waals surface area contributed by atoms with Gasteiger partial charge >= 0.3 is 0 Å². The van der Waals surface area contributed by atoms with E-state index in [0.717, 1.165) is 11.5 Å². The zero-order chi connectivity index (χ0) is 15.4. The van der Waals surface area contributed by atoms with E-state index in [1.807, 2.05) is 20.8 Å². The molecule has 0 saturated carbocycles. The highest BCUT2D eigenvalue weighted by Gasteiger charge is 2.11. The summed E-state index contributed by atoms with van der Waals surface area (Å²) in [6, 6.07) is 4.94. The van der Waals surface area contributed by atoms with Crippen LogP contribution in [-0.2, 0) is 6.54 Å². The lowest BCUT2D eigenvalue weighted by molar-refractivity contribution is 0.0946. The van der Waals surface area contributed by atoms with E-state index in [9.17, 15) is 4.79 Å². The Labute approximate surface area is 123 Å². The molecule has 0 aliphatic carbocycles. The lowest BCUT2D eigenvalue weighted by atomic mass is 10.1. The quantitative estimate of drug-likeness (QED) is 0.823. The van der Waals surface area contributed by atoms with Crippen LogP contribution in [0.15, 0.2) is 22.6 Å². The van der Waals surface area contributed by atoms with Crippen LogP contribution in [0.3, 0.4) is 0 Å². The number of aromatic nitrogens is 1. The van der Waals surface area contributed by atoms with Gasteiger partial charge < -0.3 is 20.2 Å². The number of rotatable bonds is 5. The van der Waals surface area contributed by atoms with Crippen LogP contribution >= 0.6 is 0 Å². The zero-order valence-corrected chi connectivity index (χ0v) is 12.4. The lowest BCUT2D eigenvalue weighted by Gasteiger charge is -2.08. The topological polar surface area (TPSA) is 90.4 Å². The van der Waals surface area contributed by atoms with Crippen molar-refractivity contribution in [2.24, 2.45) is 0 Å². The number of amides is 1. The molecule has 0 spiro atoms. The van der Waals surface area contributed by atoms with Gasteiger partial charge in [0.2, 0.25) is 5.89 Å². The van der Waals surface area contributed by atoms with Gasteiger partial charge in [-0.25, -0.2) is 4.98 Å². The largest absolute Gasteiger partial charge is 0.494 e. The second-order valence-electron chi connectivity index (χ2n) is 4.66. The van der Waals surface area contributed by atoms with Crippen molar-refractivity contribution in [3.63, 3.8) is 0 Å². The predicted molar refractivity (Wildman–Crippen MR) is 79.2 cm³/mol. The Balaban J connectivity index is 2.06. The average Bonchev–Trinajstić information content (AvgIpc) is 2.75. The van der Waals surface area contributed by atoms with Crippen molar-refractivity contribution in [3.05, 3.63) is 41.1 Å². The number of carbonyl (C=O) groups is 1. The van der Waals surface area contributed by atoms with Gasteiger partial charge in [0.15, 0.2) is 0 Å². The van der Waals surface area contributed by atoms with Crippen LogP contribution in [0, 0.1) is 13.8 Å². The Morgan fingerprint density at radius 3 is 2.76 bits per heavy atom. The normalized spacial score (nSPS) is 10.4. The Bertz CT molecular complexity index is 630. The molecule has 0 saturated heterocycles. The number of nitrogens with zero attached hydrogens (tertiary/aromatic N) is 1. The minimum atomic E-state index is -0.253. The van der Waals surface area contributed by atoms with Gasteiger partial charge in [-0.2, -0.15) is 0 Å². The van der Waals surface area contributed by atoms with Crippen molar-refractivity contribution in [1.29, 1.82) is 0 Å². The molecule has 6 heteroatoms. The van der Waals surface area contributed by atoms with E-state index in [1.165, 1.54) is 0 Å². The van der Waals surface area contributed by atoms with Crippen LogP contribution in [0.5, 0.6) is 5.75 Å². The average molecular weight is 289 g/mol. The van der Waals surface area contributed by atoms with Gasteiger partial charge in [-0.1, -0.05) is 0 Å². The summed E-state index contributed by atoms with van der Waals surface area (Å²) >= 11 is 0. The maximum absolute atomic E-state index is 12.1. The number of nitrogen functional groups attached to an aromatic ring is 1. The van der Waals surface area contributed by atoms with Crippen LogP contribution in [0.4, 0.5) is 5.69 Å². The maximum atomic E-state index is 12.1. The number of anilines is 1. The molecule has 0 aliphatic rings. The van der Waals surface area contributed by atoms with Gasteiger partial charge in [0, 0.05) is 17.3 Å². The molecule has 3 N–H and O–H groups in total. The molecule has 1 heterocycles. The fraction of sp³-hybridized carbons (Fsp3) is 0.333. The number of hydrogen-bond acceptors (Lipinski definition) is 5. The van der Waals surface area contributed by atoms with Gasteiger partial charge in [0.25, 0.3) is 5.91 Å². The van der Waals surface area contributed by atoms with E-state index in [0.29, 0.717) is 29.5 Å². The SMILES string of the molecule is CCOc1cc(N)cc(C(=O)NCc2nc(C)c(C)o2)c1. The summed E-state index contributed by atoms with van der Waals surface area (Å²) in [6.07, 6.45) is 0. The van der Waals surface area contributed by atoms with E-state index in [1.54, 1.807) is 18.2 Å². The van der Waals surface area contributed by atoms with E-state index in [4.69, 9.17) is 14.9 Å². The summed E-state index contributed by atoms with van der Waals surface area (Å²) < 4.78 is 10.8. The van der Waals surface area contributed by atoms with Crippen molar-refractivity contribution in [1.82, 2.24) is 10.3 Å². The highest BCUT2D eigenvalue weighted by molar-refractivity contribution is 5.95. The van der Waals surface area contributed by atoms with Crippen molar-refractivity contribution >= 4 is 11.6 Å². The third-order valence-corrected chi connectivity index (χ3v) is 2.98. The van der Waals surface area contributed by atoms with Gasteiger partial charge in [0.05, 0.1) is 18.8 Å². The summed E-state index contributed by atoms with van der Waals surface area (Å²) in [7, 11) is 0. The van der Waals surface area contributed by atoms with Crippen molar-refractivity contribution in [2.75, 3.05) is 12.3 Å². The van der Waals surface area contributed by atoms with Crippen LogP contribution in [0.1, 0.15) is 34.6 Å². The molecule has 0 unspecified atom stereocenters. The minimum absolute atomic E-state index is 0.228. The highest BCUT2D eigenvalue weighted by Crippen LogP contribution is 2.19. The van der Waals surface area contributed by atoms with E-state index >= 15 is 0 Å². The molecule has 1 aromatic carbocycles. The van der Waals surface area contributed by atoms with Crippen LogP contribution in [0.25, 0.3) is 0 Å². The van der Waals surface area contributed by atoms with Crippen LogP contribution in [-0.4, -0.2) is 17.5 Å². The van der Waals surface area contributed by atoms with Crippen LogP contribution in [0.2, 0.25) is 0 Å². The first-order chi connectivity index (χ1) is 9.99. The van der Waals surface area contributed by atoms with Crippen LogP contribution < -0.4 is 15.8 Å². The zero-order valence-electron chi connectivity index (χ0n) is 12.4. The Morgan fingerprint density at radius 1 is 1.38 bits per heavy atom. The molecule has 2 rings (SSSR count). The summed E-state index contributed by atoms with van der Waals surface area (Å²) in [5.41, 5.74) is 7.51. The first kappa shape index (κ1) is 14.9. The number of nitrogens with two attached hydrogens (primary N) is 1. The molecule has 21 heavy (non-hydrogen) atoms. The fourth-order valence-corrected chi connectivity index (χ4v) is 1.88. The summed E-state index contributed by atoms with van der Waals surface area (Å²) in [6.45, 7) is 6.30. The molecular weight excluding hydrogens is 270 g/mol. The van der Waals surface area contributed by atoms with Crippen molar-refractivity contribution in [3.8, 4) is 5.75 Å². The first-order valence-corrected chi connectivity index (χ1v) is 6.74. The van der Waals surface area contributed by atoms with Crippen molar-refractivity contribution in [2.45, 2.75) is 27.3 Å². The Kier molecular flexibility index (Phi) is 4.47. The highest BCUT2D eigenvalue weighted by atomic mass is 16.5. The molecular formula is C15H19N3O3. The molecule has 112 valence electrons. The van der Waals surface area contributed by atoms with E-state index in [-0.39, 0.29) is 12.5 Å². The smallest absolute Gasteiger partial charge is 0.251 e. The number of hydrogen-bond donors (Lipinski definition) is 2. The van der Waals surface area contributed by atoms with Gasteiger partial charge in [-0.3, -0.25) is 4.79 Å². The van der Waals surface area contributed by atoms with Gasteiger partial charge in [-0.05, 0) is 32.9 Å². The third-order valence-electron chi connectivity index (χ3n) is 2.98. The minimum Gasteiger partial charge on any atom is -0.494 e. The summed E-state index contributed by atoms with van der Waals surface area (Å²) in [4.78, 5) is 16.3. The van der Waals surface area contributed by atoms with Crippen molar-refractivity contribution < 1.29 is 13.9 Å². The number of nitrogens with one attached hydrogen (secondary N) is 1. The fourth-order valence-electron chi connectivity index (χ4n) is 1.88. The second kappa shape index (κ2) is 6.30. The molecule has 6 nitrogen and oxygen atoms in total. The molecule has 0 radical (unpaired) electrons. The molecule has 2 aromatic rings. The van der Waals surface area contributed by atoms with Gasteiger partial charge in [-0.15, -0.1) is 0 Å². The maximum Gasteiger partial charge on any atom is 0.251 e. The number of benzene rings is 1. The van der Waals surface area contributed by atoms with E-state index < -0.39 is 0 Å². The third kappa shape index (κ3) is 3.75. The molecule has 1 aromatic heterocycles. The lowest BCUT2D eigenvalue weighted by Crippen LogP contribution is -2.23. The second-order valence-corrected chi connectivity index (χ2v) is 4.66. The Hall–Kier alpha value is -2.50. The standard InChI is InChI=1S/C15H19N3O3/c1-4-20-13-6-11(5-12(16)7-13)15(19)17-8-14-18-9(2)10(3)21-14/h5-7H,4,8,16H2,1-3H3,(H,17,19). The monoisotopic (exact) mass is 289 g/mol. The molecule has 1 amide bonds. The number of ether oxygens (including phenoxy) is 1. The summed E-state index contributed by atoms with van der Waals surface area (Å²) in [5.74, 6) is 1.55. The number of oxazole rings is 1. The number of aryl methyl sites for hydroxylation is 2. The molecule has 0 bridgehead atoms. The molecule has 0 atom stereocenters. The number of carbonyl (C=O) groups excluding carboxylic acids is 1. The predicted octanol–water partition coefficient (Wildman–Crippen LogP) is 2.20. The Morgan fingerprint density at radius 2 is 2.14 bits per heavy atom. The van der Waals surface area contributed by atoms with E-state index in [2.05, 4.69) is 10.3 Å².